The largest absolute Gasteiger partial charge is 0.389 e. The molecule has 0 aromatic carbocycles. The SMILES string of the molecule is C#CC(=O)N1CC(O)C1. The molecule has 1 N–H and O–H groups in total. The van der Waals surface area contributed by atoms with Gasteiger partial charge in [-0.25, -0.2) is 0 Å². The van der Waals surface area contributed by atoms with Crippen LogP contribution in [0.25, 0.3) is 0 Å². The molecular formula is C6H7NO2. The molecule has 48 valence electrons. The van der Waals surface area contributed by atoms with Gasteiger partial charge in [0.05, 0.1) is 6.10 Å². The summed E-state index contributed by atoms with van der Waals surface area (Å²) in [4.78, 5) is 11.9. The molecule has 1 amide bonds. The van der Waals surface area contributed by atoms with Crippen molar-refractivity contribution in [2.75, 3.05) is 13.1 Å². The highest BCUT2D eigenvalue weighted by atomic mass is 16.3. The summed E-state index contributed by atoms with van der Waals surface area (Å²) in [7, 11) is 0. The molecular weight excluding hydrogens is 118 g/mol. The number of aliphatic hydroxyl groups excluding tert-OH is 1. The number of carbonyl (C=O) groups is 1. The number of likely N-dealkylation sites (tertiary alicyclic amines) is 1. The van der Waals surface area contributed by atoms with Gasteiger partial charge in [-0.05, 0) is 5.92 Å². The van der Waals surface area contributed by atoms with Crippen molar-refractivity contribution in [3.05, 3.63) is 0 Å². The van der Waals surface area contributed by atoms with E-state index in [-0.39, 0.29) is 12.0 Å². The number of hydrogen-bond acceptors (Lipinski definition) is 2. The van der Waals surface area contributed by atoms with Crippen LogP contribution in [0.3, 0.4) is 0 Å². The first-order chi connectivity index (χ1) is 4.24. The lowest BCUT2D eigenvalue weighted by molar-refractivity contribution is -0.134. The van der Waals surface area contributed by atoms with E-state index in [1.807, 2.05) is 5.92 Å². The van der Waals surface area contributed by atoms with Crippen LogP contribution in [0.15, 0.2) is 0 Å². The summed E-state index contributed by atoms with van der Waals surface area (Å²) >= 11 is 0. The fourth-order valence-electron chi connectivity index (χ4n) is 0.712. The lowest BCUT2D eigenvalue weighted by atomic mass is 10.2. The zero-order valence-corrected chi connectivity index (χ0v) is 4.87. The van der Waals surface area contributed by atoms with E-state index in [0.717, 1.165) is 0 Å². The van der Waals surface area contributed by atoms with Crippen molar-refractivity contribution < 1.29 is 9.90 Å². The molecule has 0 spiro atoms. The van der Waals surface area contributed by atoms with Crippen LogP contribution in [-0.2, 0) is 4.79 Å². The zero-order chi connectivity index (χ0) is 6.85. The number of aliphatic hydroxyl groups is 1. The predicted octanol–water partition coefficient (Wildman–Crippen LogP) is -1.18. The summed E-state index contributed by atoms with van der Waals surface area (Å²) in [6.07, 6.45) is 4.45. The van der Waals surface area contributed by atoms with Gasteiger partial charge in [-0.2, -0.15) is 0 Å². The van der Waals surface area contributed by atoms with Crippen LogP contribution in [0.5, 0.6) is 0 Å². The molecule has 1 fully saturated rings. The van der Waals surface area contributed by atoms with E-state index in [1.165, 1.54) is 4.90 Å². The molecule has 9 heavy (non-hydrogen) atoms. The standard InChI is InChI=1S/C6H7NO2/c1-2-6(9)7-3-5(8)4-7/h1,5,8H,3-4H2. The van der Waals surface area contributed by atoms with Gasteiger partial charge in [0.2, 0.25) is 0 Å². The van der Waals surface area contributed by atoms with E-state index in [2.05, 4.69) is 0 Å². The molecule has 1 saturated heterocycles. The molecule has 1 rings (SSSR count). The van der Waals surface area contributed by atoms with Crippen molar-refractivity contribution in [2.45, 2.75) is 6.10 Å². The maximum Gasteiger partial charge on any atom is 0.298 e. The number of hydrogen-bond donors (Lipinski definition) is 1. The van der Waals surface area contributed by atoms with Gasteiger partial charge in [0, 0.05) is 13.1 Å². The quantitative estimate of drug-likeness (QED) is 0.414. The Morgan fingerprint density at radius 3 is 2.67 bits per heavy atom. The van der Waals surface area contributed by atoms with Gasteiger partial charge in [0.15, 0.2) is 0 Å². The van der Waals surface area contributed by atoms with Crippen LogP contribution in [0, 0.1) is 12.3 Å². The van der Waals surface area contributed by atoms with Gasteiger partial charge in [-0.1, -0.05) is 0 Å². The summed E-state index contributed by atoms with van der Waals surface area (Å²) in [5, 5.41) is 8.70. The smallest absolute Gasteiger partial charge is 0.298 e. The Balaban J connectivity index is 2.34. The maximum absolute atomic E-state index is 10.5. The van der Waals surface area contributed by atoms with E-state index in [0.29, 0.717) is 13.1 Å². The number of terminal acetylenes is 1. The highest BCUT2D eigenvalue weighted by Gasteiger charge is 2.27. The second-order valence-electron chi connectivity index (χ2n) is 2.01. The van der Waals surface area contributed by atoms with Crippen molar-refractivity contribution in [2.24, 2.45) is 0 Å². The minimum absolute atomic E-state index is 0.333. The number of rotatable bonds is 0. The van der Waals surface area contributed by atoms with Crippen LogP contribution in [0.4, 0.5) is 0 Å². The van der Waals surface area contributed by atoms with Crippen molar-refractivity contribution in [3.8, 4) is 12.3 Å². The molecule has 0 aromatic rings. The molecule has 0 bridgehead atoms. The lowest BCUT2D eigenvalue weighted by Crippen LogP contribution is -2.53. The van der Waals surface area contributed by atoms with Crippen molar-refractivity contribution in [1.82, 2.24) is 4.90 Å². The zero-order valence-electron chi connectivity index (χ0n) is 4.87. The van der Waals surface area contributed by atoms with Crippen LogP contribution in [0.1, 0.15) is 0 Å². The first-order valence-electron chi connectivity index (χ1n) is 2.67. The second-order valence-corrected chi connectivity index (χ2v) is 2.01. The highest BCUT2D eigenvalue weighted by Crippen LogP contribution is 2.05. The minimum atomic E-state index is -0.359. The summed E-state index contributed by atoms with van der Waals surface area (Å²) in [5.74, 6) is 1.63. The molecule has 3 heteroatoms. The van der Waals surface area contributed by atoms with Crippen LogP contribution in [-0.4, -0.2) is 35.1 Å². The third-order valence-electron chi connectivity index (χ3n) is 1.27. The number of nitrogens with zero attached hydrogens (tertiary/aromatic N) is 1. The van der Waals surface area contributed by atoms with Crippen molar-refractivity contribution in [3.63, 3.8) is 0 Å². The highest BCUT2D eigenvalue weighted by molar-refractivity contribution is 5.93. The average molecular weight is 125 g/mol. The fraction of sp³-hybridized carbons (Fsp3) is 0.500. The van der Waals surface area contributed by atoms with E-state index in [9.17, 15) is 4.79 Å². The maximum atomic E-state index is 10.5. The molecule has 1 aliphatic rings. The van der Waals surface area contributed by atoms with Gasteiger partial charge >= 0.3 is 0 Å². The molecule has 1 aliphatic heterocycles. The van der Waals surface area contributed by atoms with Crippen LogP contribution in [0.2, 0.25) is 0 Å². The molecule has 0 aromatic heterocycles. The molecule has 3 nitrogen and oxygen atoms in total. The predicted molar refractivity (Wildman–Crippen MR) is 31.4 cm³/mol. The Hall–Kier alpha value is -1.01. The number of amides is 1. The second kappa shape index (κ2) is 2.08. The van der Waals surface area contributed by atoms with E-state index in [4.69, 9.17) is 11.5 Å². The lowest BCUT2D eigenvalue weighted by Gasteiger charge is -2.34. The topological polar surface area (TPSA) is 40.5 Å². The van der Waals surface area contributed by atoms with E-state index < -0.39 is 0 Å². The summed E-state index contributed by atoms with van der Waals surface area (Å²) in [6, 6.07) is 0. The molecule has 0 saturated carbocycles. The molecule has 1 heterocycles. The Kier molecular flexibility index (Phi) is 1.41. The van der Waals surface area contributed by atoms with Gasteiger partial charge in [0.25, 0.3) is 5.91 Å². The van der Waals surface area contributed by atoms with Crippen LogP contribution < -0.4 is 0 Å². The van der Waals surface area contributed by atoms with Gasteiger partial charge < -0.3 is 10.0 Å². The first kappa shape index (κ1) is 6.12. The summed E-state index contributed by atoms with van der Waals surface area (Å²) < 4.78 is 0. The van der Waals surface area contributed by atoms with Gasteiger partial charge in [-0.3, -0.25) is 4.79 Å². The van der Waals surface area contributed by atoms with Crippen molar-refractivity contribution in [1.29, 1.82) is 0 Å². The van der Waals surface area contributed by atoms with Gasteiger partial charge in [0.1, 0.15) is 0 Å². The van der Waals surface area contributed by atoms with Gasteiger partial charge in [-0.15, -0.1) is 6.42 Å². The van der Waals surface area contributed by atoms with E-state index in [1.54, 1.807) is 0 Å². The molecule has 0 atom stereocenters. The Morgan fingerprint density at radius 1 is 1.78 bits per heavy atom. The summed E-state index contributed by atoms with van der Waals surface area (Å²) in [6.45, 7) is 0.784. The first-order valence-corrected chi connectivity index (χ1v) is 2.67. The Bertz CT molecular complexity index is 164. The third kappa shape index (κ3) is 1.03. The minimum Gasteiger partial charge on any atom is -0.389 e. The number of β-amino-alcohol motifs (C(OH)–C–C–N with tert-alkyl or cyclic N) is 1. The third-order valence-corrected chi connectivity index (χ3v) is 1.27. The Morgan fingerprint density at radius 2 is 2.33 bits per heavy atom. The molecule has 0 radical (unpaired) electrons. The monoisotopic (exact) mass is 125 g/mol. The number of carbonyl (C=O) groups excluding carboxylic acids is 1. The van der Waals surface area contributed by atoms with Crippen LogP contribution >= 0.6 is 0 Å². The summed E-state index contributed by atoms with van der Waals surface area (Å²) in [5.41, 5.74) is 0. The Labute approximate surface area is 53.3 Å². The van der Waals surface area contributed by atoms with E-state index >= 15 is 0 Å². The fourth-order valence-corrected chi connectivity index (χ4v) is 0.712. The molecule has 0 aliphatic carbocycles. The molecule has 0 unspecified atom stereocenters. The van der Waals surface area contributed by atoms with Crippen molar-refractivity contribution >= 4 is 5.91 Å². The average Bonchev–Trinajstić information content (AvgIpc) is 1.79. The normalized spacial score (nSPS) is 18.4.